The number of fused-ring (bicyclic) bond motifs is 1. The van der Waals surface area contributed by atoms with Crippen LogP contribution in [0.3, 0.4) is 0 Å². The summed E-state index contributed by atoms with van der Waals surface area (Å²) >= 11 is 6.04. The van der Waals surface area contributed by atoms with Gasteiger partial charge in [0.25, 0.3) is 11.8 Å². The maximum absolute atomic E-state index is 13.5. The second-order valence-corrected chi connectivity index (χ2v) is 10.3. The Morgan fingerprint density at radius 2 is 1.58 bits per heavy atom. The molecule has 0 saturated carbocycles. The van der Waals surface area contributed by atoms with Gasteiger partial charge in [0, 0.05) is 17.1 Å². The van der Waals surface area contributed by atoms with E-state index in [2.05, 4.69) is 5.32 Å². The van der Waals surface area contributed by atoms with Crippen LogP contribution in [0.2, 0.25) is 5.02 Å². The zero-order valence-corrected chi connectivity index (χ0v) is 24.9. The van der Waals surface area contributed by atoms with E-state index in [4.69, 9.17) is 25.8 Å². The number of nitrogens with one attached hydrogen (secondary N) is 1. The standard InChI is InChI=1S/C35H33ClN2O5/c1-3-41-31-18-13-25(21-32(31)42-4-2)19-20-37-34(39)27-14-9-24(10-15-27)22-33-35(40)38(23-26-11-16-28(36)17-12-26)29-7-5-6-8-30(29)43-33/h5-18,21-22H,3-4,19-20,23H2,1-2H3,(H,37,39). The van der Waals surface area contributed by atoms with E-state index in [1.54, 1.807) is 47.4 Å². The third-order valence-corrected chi connectivity index (χ3v) is 7.12. The third kappa shape index (κ3) is 7.37. The normalized spacial score (nSPS) is 13.3. The minimum atomic E-state index is -0.253. The number of nitrogens with zero attached hydrogens (tertiary/aromatic N) is 1. The molecule has 0 unspecified atom stereocenters. The Kier molecular flexibility index (Phi) is 9.64. The number of para-hydroxylation sites is 2. The molecule has 5 rings (SSSR count). The van der Waals surface area contributed by atoms with Gasteiger partial charge in [-0.2, -0.15) is 0 Å². The summed E-state index contributed by atoms with van der Waals surface area (Å²) in [6, 6.07) is 27.7. The van der Waals surface area contributed by atoms with E-state index in [-0.39, 0.29) is 17.6 Å². The molecular weight excluding hydrogens is 564 g/mol. The van der Waals surface area contributed by atoms with Crippen LogP contribution < -0.4 is 24.4 Å². The SMILES string of the molecule is CCOc1ccc(CCNC(=O)c2ccc(C=C3Oc4ccccc4N(Cc4ccc(Cl)cc4)C3=O)cc2)cc1OCC. The molecule has 4 aromatic carbocycles. The van der Waals surface area contributed by atoms with Crippen molar-refractivity contribution in [2.75, 3.05) is 24.7 Å². The van der Waals surface area contributed by atoms with E-state index in [0.29, 0.717) is 66.2 Å². The zero-order chi connectivity index (χ0) is 30.2. The molecule has 0 saturated heterocycles. The number of benzene rings is 4. The van der Waals surface area contributed by atoms with Crippen molar-refractivity contribution >= 4 is 35.2 Å². The van der Waals surface area contributed by atoms with Crippen molar-refractivity contribution in [2.24, 2.45) is 0 Å². The fraction of sp³-hybridized carbons (Fsp3) is 0.200. The van der Waals surface area contributed by atoms with Crippen molar-refractivity contribution in [2.45, 2.75) is 26.8 Å². The Morgan fingerprint density at radius 3 is 2.33 bits per heavy atom. The van der Waals surface area contributed by atoms with Crippen molar-refractivity contribution in [1.82, 2.24) is 5.32 Å². The molecule has 4 aromatic rings. The van der Waals surface area contributed by atoms with Gasteiger partial charge in [-0.05, 0) is 91.6 Å². The van der Waals surface area contributed by atoms with Crippen LogP contribution in [-0.2, 0) is 17.8 Å². The first-order chi connectivity index (χ1) is 20.9. The molecular formula is C35H33ClN2O5. The lowest BCUT2D eigenvalue weighted by molar-refractivity contribution is -0.117. The molecule has 0 bridgehead atoms. The first-order valence-corrected chi connectivity index (χ1v) is 14.6. The molecule has 1 aliphatic rings. The van der Waals surface area contributed by atoms with Gasteiger partial charge in [-0.1, -0.05) is 54.1 Å². The van der Waals surface area contributed by atoms with Crippen LogP contribution in [0.25, 0.3) is 6.08 Å². The number of hydrogen-bond donors (Lipinski definition) is 1. The van der Waals surface area contributed by atoms with Crippen molar-refractivity contribution < 1.29 is 23.8 Å². The summed E-state index contributed by atoms with van der Waals surface area (Å²) in [6.07, 6.45) is 2.34. The highest BCUT2D eigenvalue weighted by molar-refractivity contribution is 6.30. The highest BCUT2D eigenvalue weighted by atomic mass is 35.5. The van der Waals surface area contributed by atoms with Crippen molar-refractivity contribution in [1.29, 1.82) is 0 Å². The van der Waals surface area contributed by atoms with E-state index in [1.165, 1.54) is 0 Å². The van der Waals surface area contributed by atoms with Gasteiger partial charge in [0.1, 0.15) is 0 Å². The molecule has 0 atom stereocenters. The van der Waals surface area contributed by atoms with E-state index >= 15 is 0 Å². The lowest BCUT2D eigenvalue weighted by Gasteiger charge is -2.30. The number of carbonyl (C=O) groups is 2. The molecule has 0 radical (unpaired) electrons. The van der Waals surface area contributed by atoms with Gasteiger partial charge in [0.2, 0.25) is 0 Å². The largest absolute Gasteiger partial charge is 0.490 e. The average molecular weight is 597 g/mol. The van der Waals surface area contributed by atoms with Crippen molar-refractivity contribution in [3.8, 4) is 17.2 Å². The van der Waals surface area contributed by atoms with Gasteiger partial charge in [-0.25, -0.2) is 0 Å². The lowest BCUT2D eigenvalue weighted by Crippen LogP contribution is -2.36. The Balaban J connectivity index is 1.24. The van der Waals surface area contributed by atoms with Crippen LogP contribution >= 0.6 is 11.6 Å². The first-order valence-electron chi connectivity index (χ1n) is 14.3. The fourth-order valence-corrected chi connectivity index (χ4v) is 4.87. The molecule has 7 nitrogen and oxygen atoms in total. The topological polar surface area (TPSA) is 77.1 Å². The molecule has 8 heteroatoms. The molecule has 2 amide bonds. The number of anilines is 1. The van der Waals surface area contributed by atoms with Crippen LogP contribution in [0.4, 0.5) is 5.69 Å². The number of rotatable bonds is 11. The second-order valence-electron chi connectivity index (χ2n) is 9.87. The van der Waals surface area contributed by atoms with Crippen molar-refractivity contribution in [3.05, 3.63) is 124 Å². The average Bonchev–Trinajstić information content (AvgIpc) is 3.02. The smallest absolute Gasteiger partial charge is 0.294 e. The van der Waals surface area contributed by atoms with Crippen LogP contribution in [0.15, 0.2) is 96.8 Å². The molecule has 0 fully saturated rings. The zero-order valence-electron chi connectivity index (χ0n) is 24.1. The predicted molar refractivity (Wildman–Crippen MR) is 169 cm³/mol. The number of hydrogen-bond acceptors (Lipinski definition) is 5. The van der Waals surface area contributed by atoms with Gasteiger partial charge >= 0.3 is 0 Å². The summed E-state index contributed by atoms with van der Waals surface area (Å²) in [6.45, 7) is 5.81. The molecule has 0 aromatic heterocycles. The predicted octanol–water partition coefficient (Wildman–Crippen LogP) is 7.08. The van der Waals surface area contributed by atoms with E-state index in [9.17, 15) is 9.59 Å². The monoisotopic (exact) mass is 596 g/mol. The Hall–Kier alpha value is -4.75. The maximum atomic E-state index is 13.5. The quantitative estimate of drug-likeness (QED) is 0.187. The Labute approximate surface area is 256 Å². The van der Waals surface area contributed by atoms with E-state index in [1.807, 2.05) is 68.4 Å². The summed E-state index contributed by atoms with van der Waals surface area (Å²) in [5.41, 5.74) is 3.95. The summed E-state index contributed by atoms with van der Waals surface area (Å²) in [5.74, 6) is 1.78. The van der Waals surface area contributed by atoms with E-state index < -0.39 is 0 Å². The Bertz CT molecular complexity index is 1620. The van der Waals surface area contributed by atoms with E-state index in [0.717, 1.165) is 16.7 Å². The fourth-order valence-electron chi connectivity index (χ4n) is 4.75. The summed E-state index contributed by atoms with van der Waals surface area (Å²) in [7, 11) is 0. The summed E-state index contributed by atoms with van der Waals surface area (Å²) in [5, 5.41) is 3.61. The van der Waals surface area contributed by atoms with Gasteiger partial charge in [0.15, 0.2) is 23.0 Å². The van der Waals surface area contributed by atoms with Gasteiger partial charge < -0.3 is 19.5 Å². The molecule has 220 valence electrons. The van der Waals surface area contributed by atoms with Crippen molar-refractivity contribution in [3.63, 3.8) is 0 Å². The minimum absolute atomic E-state index is 0.178. The summed E-state index contributed by atoms with van der Waals surface area (Å²) in [4.78, 5) is 28.0. The third-order valence-electron chi connectivity index (χ3n) is 6.86. The first kappa shape index (κ1) is 29.7. The minimum Gasteiger partial charge on any atom is -0.490 e. The van der Waals surface area contributed by atoms with Crippen LogP contribution in [0.1, 0.15) is 40.9 Å². The number of halogens is 1. The highest BCUT2D eigenvalue weighted by Gasteiger charge is 2.30. The van der Waals surface area contributed by atoms with Crippen LogP contribution in [0, 0.1) is 0 Å². The number of amides is 2. The lowest BCUT2D eigenvalue weighted by atomic mass is 10.1. The molecule has 1 aliphatic heterocycles. The van der Waals surface area contributed by atoms with Gasteiger partial charge in [-0.3, -0.25) is 14.5 Å². The van der Waals surface area contributed by atoms with Gasteiger partial charge in [-0.15, -0.1) is 0 Å². The molecule has 0 spiro atoms. The van der Waals surface area contributed by atoms with Gasteiger partial charge in [0.05, 0.1) is 25.4 Å². The number of carbonyl (C=O) groups excluding carboxylic acids is 2. The summed E-state index contributed by atoms with van der Waals surface area (Å²) < 4.78 is 17.3. The molecule has 43 heavy (non-hydrogen) atoms. The Morgan fingerprint density at radius 1 is 0.884 bits per heavy atom. The second kappa shape index (κ2) is 13.9. The molecule has 1 heterocycles. The van der Waals surface area contributed by atoms with Crippen LogP contribution in [-0.4, -0.2) is 31.6 Å². The molecule has 1 N–H and O–H groups in total. The van der Waals surface area contributed by atoms with Crippen LogP contribution in [0.5, 0.6) is 17.2 Å². The maximum Gasteiger partial charge on any atom is 0.294 e. The molecule has 0 aliphatic carbocycles. The highest BCUT2D eigenvalue weighted by Crippen LogP contribution is 2.36. The number of ether oxygens (including phenoxy) is 3.